The van der Waals surface area contributed by atoms with Crippen molar-refractivity contribution in [3.05, 3.63) is 0 Å². The van der Waals surface area contributed by atoms with Gasteiger partial charge in [-0.3, -0.25) is 4.79 Å². The first-order chi connectivity index (χ1) is 8.83. The Balaban J connectivity index is 0.00000200. The van der Waals surface area contributed by atoms with Crippen molar-refractivity contribution in [3.8, 4) is 0 Å². The summed E-state index contributed by atoms with van der Waals surface area (Å²) in [5, 5.41) is 3.17. The van der Waals surface area contributed by atoms with Crippen LogP contribution >= 0.6 is 12.4 Å². The van der Waals surface area contributed by atoms with E-state index in [1.807, 2.05) is 20.8 Å². The van der Waals surface area contributed by atoms with Crippen LogP contribution in [-0.4, -0.2) is 30.2 Å². The van der Waals surface area contributed by atoms with Crippen molar-refractivity contribution >= 4 is 18.3 Å². The van der Waals surface area contributed by atoms with Gasteiger partial charge in [0.2, 0.25) is 5.91 Å². The average molecular weight is 305 g/mol. The van der Waals surface area contributed by atoms with Crippen LogP contribution < -0.4 is 11.1 Å². The highest BCUT2D eigenvalue weighted by atomic mass is 35.5. The van der Waals surface area contributed by atoms with Gasteiger partial charge in [0.05, 0.1) is 6.10 Å². The number of nitrogens with two attached hydrogens (primary N) is 1. The molecule has 0 aliphatic heterocycles. The van der Waals surface area contributed by atoms with Crippen LogP contribution in [0.4, 0.5) is 0 Å². The van der Waals surface area contributed by atoms with Crippen LogP contribution in [0.5, 0.6) is 0 Å². The summed E-state index contributed by atoms with van der Waals surface area (Å²) in [6.45, 7) is 8.93. The van der Waals surface area contributed by atoms with E-state index >= 15 is 0 Å². The standard InChI is InChI=1S/C15H28N2O2.ClH/c1-5-19-12-9-15(16,14(12,3)4)13(18)17-11-8-6-7-10(11)2;/h10-12H,5-9,16H2,1-4H3,(H,17,18);1H. The smallest absolute Gasteiger partial charge is 0.241 e. The predicted molar refractivity (Wildman–Crippen MR) is 82.9 cm³/mol. The number of rotatable bonds is 4. The van der Waals surface area contributed by atoms with Crippen LogP contribution in [0.1, 0.15) is 53.4 Å². The summed E-state index contributed by atoms with van der Waals surface area (Å²) in [5.74, 6) is 0.575. The zero-order valence-electron chi connectivity index (χ0n) is 13.1. The van der Waals surface area contributed by atoms with Crippen LogP contribution in [0.2, 0.25) is 0 Å². The average Bonchev–Trinajstić information content (AvgIpc) is 2.74. The van der Waals surface area contributed by atoms with E-state index in [0.717, 1.165) is 6.42 Å². The monoisotopic (exact) mass is 304 g/mol. The molecule has 0 radical (unpaired) electrons. The van der Waals surface area contributed by atoms with Crippen LogP contribution in [0.3, 0.4) is 0 Å². The third kappa shape index (κ3) is 2.70. The van der Waals surface area contributed by atoms with Crippen molar-refractivity contribution in [1.29, 1.82) is 0 Å². The Morgan fingerprint density at radius 1 is 1.40 bits per heavy atom. The molecule has 4 unspecified atom stereocenters. The Bertz CT molecular complexity index is 362. The normalized spacial score (nSPS) is 38.8. The fourth-order valence-electron chi connectivity index (χ4n) is 3.48. The minimum Gasteiger partial charge on any atom is -0.378 e. The van der Waals surface area contributed by atoms with Gasteiger partial charge >= 0.3 is 0 Å². The number of halogens is 1. The third-order valence-electron chi connectivity index (χ3n) is 5.41. The summed E-state index contributed by atoms with van der Waals surface area (Å²) < 4.78 is 5.67. The highest BCUT2D eigenvalue weighted by Crippen LogP contribution is 2.50. The first-order valence-corrected chi connectivity index (χ1v) is 7.54. The van der Waals surface area contributed by atoms with Crippen molar-refractivity contribution in [1.82, 2.24) is 5.32 Å². The molecule has 2 aliphatic carbocycles. The molecule has 4 atom stereocenters. The van der Waals surface area contributed by atoms with Crippen LogP contribution in [0, 0.1) is 11.3 Å². The Hall–Kier alpha value is -0.320. The van der Waals surface area contributed by atoms with Crippen LogP contribution in [0.25, 0.3) is 0 Å². The Morgan fingerprint density at radius 3 is 2.50 bits per heavy atom. The molecule has 4 nitrogen and oxygen atoms in total. The Kier molecular flexibility index (Phi) is 5.50. The first-order valence-electron chi connectivity index (χ1n) is 7.54. The highest BCUT2D eigenvalue weighted by Gasteiger charge is 2.63. The maximum Gasteiger partial charge on any atom is 0.241 e. The van der Waals surface area contributed by atoms with E-state index < -0.39 is 5.54 Å². The Labute approximate surface area is 128 Å². The predicted octanol–water partition coefficient (Wildman–Crippen LogP) is 2.25. The summed E-state index contributed by atoms with van der Waals surface area (Å²) >= 11 is 0. The van der Waals surface area contributed by atoms with E-state index in [9.17, 15) is 4.79 Å². The third-order valence-corrected chi connectivity index (χ3v) is 5.41. The molecule has 0 spiro atoms. The summed E-state index contributed by atoms with van der Waals surface area (Å²) in [6.07, 6.45) is 4.20. The molecule has 0 heterocycles. The summed E-state index contributed by atoms with van der Waals surface area (Å²) in [7, 11) is 0. The van der Waals surface area contributed by atoms with Crippen LogP contribution in [-0.2, 0) is 9.53 Å². The number of carbonyl (C=O) groups excluding carboxylic acids is 1. The molecule has 0 saturated heterocycles. The molecule has 2 rings (SSSR count). The summed E-state index contributed by atoms with van der Waals surface area (Å²) in [6, 6.07) is 0.301. The molecule has 0 aromatic carbocycles. The second-order valence-electron chi connectivity index (χ2n) is 6.83. The van der Waals surface area contributed by atoms with Gasteiger partial charge in [-0.05, 0) is 25.7 Å². The molecule has 1 amide bonds. The molecule has 3 N–H and O–H groups in total. The molecule has 20 heavy (non-hydrogen) atoms. The molecular weight excluding hydrogens is 276 g/mol. The minimum atomic E-state index is -0.783. The van der Waals surface area contributed by atoms with Crippen molar-refractivity contribution in [2.75, 3.05) is 6.61 Å². The van der Waals surface area contributed by atoms with E-state index in [2.05, 4.69) is 12.2 Å². The Morgan fingerprint density at radius 2 is 2.05 bits per heavy atom. The fraction of sp³-hybridized carbons (Fsp3) is 0.933. The van der Waals surface area contributed by atoms with Gasteiger partial charge in [0.15, 0.2) is 0 Å². The van der Waals surface area contributed by atoms with E-state index in [4.69, 9.17) is 10.5 Å². The number of hydrogen-bond acceptors (Lipinski definition) is 3. The number of nitrogens with one attached hydrogen (secondary N) is 1. The van der Waals surface area contributed by atoms with Gasteiger partial charge in [0.25, 0.3) is 0 Å². The van der Waals surface area contributed by atoms with Crippen molar-refractivity contribution in [2.24, 2.45) is 17.1 Å². The van der Waals surface area contributed by atoms with E-state index in [-0.39, 0.29) is 29.8 Å². The zero-order valence-corrected chi connectivity index (χ0v) is 13.9. The van der Waals surface area contributed by atoms with E-state index in [1.165, 1.54) is 12.8 Å². The second kappa shape index (κ2) is 6.20. The van der Waals surface area contributed by atoms with Gasteiger partial charge in [-0.15, -0.1) is 12.4 Å². The molecule has 0 aromatic heterocycles. The molecule has 2 aliphatic rings. The van der Waals surface area contributed by atoms with Crippen molar-refractivity contribution in [2.45, 2.75) is 71.1 Å². The number of hydrogen-bond donors (Lipinski definition) is 2. The summed E-state index contributed by atoms with van der Waals surface area (Å²) in [4.78, 5) is 12.5. The lowest BCUT2D eigenvalue weighted by atomic mass is 9.54. The van der Waals surface area contributed by atoms with Gasteiger partial charge in [0.1, 0.15) is 5.54 Å². The lowest BCUT2D eigenvalue weighted by Crippen LogP contribution is -2.76. The van der Waals surface area contributed by atoms with E-state index in [1.54, 1.807) is 0 Å². The maximum atomic E-state index is 12.5. The lowest BCUT2D eigenvalue weighted by Gasteiger charge is -2.57. The molecule has 2 saturated carbocycles. The molecule has 2 fully saturated rings. The zero-order chi connectivity index (χ0) is 14.3. The second-order valence-corrected chi connectivity index (χ2v) is 6.83. The summed E-state index contributed by atoms with van der Waals surface area (Å²) in [5.41, 5.74) is 5.30. The molecule has 0 bridgehead atoms. The molecule has 5 heteroatoms. The SMILES string of the molecule is CCOC1CC(N)(C(=O)NC2CCCC2C)C1(C)C.Cl. The van der Waals surface area contributed by atoms with E-state index in [0.29, 0.717) is 25.0 Å². The highest BCUT2D eigenvalue weighted by molar-refractivity contribution is 5.89. The van der Waals surface area contributed by atoms with Gasteiger partial charge in [0, 0.05) is 24.5 Å². The maximum absolute atomic E-state index is 12.5. The number of ether oxygens (including phenoxy) is 1. The van der Waals surface area contributed by atoms with Gasteiger partial charge in [-0.2, -0.15) is 0 Å². The van der Waals surface area contributed by atoms with Crippen LogP contribution in [0.15, 0.2) is 0 Å². The first kappa shape index (κ1) is 17.7. The number of amides is 1. The lowest BCUT2D eigenvalue weighted by molar-refractivity contribution is -0.171. The van der Waals surface area contributed by atoms with Gasteiger partial charge in [-0.25, -0.2) is 0 Å². The van der Waals surface area contributed by atoms with Gasteiger partial charge < -0.3 is 15.8 Å². The largest absolute Gasteiger partial charge is 0.378 e. The topological polar surface area (TPSA) is 64.3 Å². The minimum absolute atomic E-state index is 0. The molecular formula is C15H29ClN2O2. The molecule has 0 aromatic rings. The fourth-order valence-corrected chi connectivity index (χ4v) is 3.48. The van der Waals surface area contributed by atoms with Gasteiger partial charge in [-0.1, -0.05) is 27.2 Å². The number of carbonyl (C=O) groups is 1. The van der Waals surface area contributed by atoms with Crippen molar-refractivity contribution in [3.63, 3.8) is 0 Å². The molecule has 118 valence electrons. The quantitative estimate of drug-likeness (QED) is 0.837. The van der Waals surface area contributed by atoms with Crippen molar-refractivity contribution < 1.29 is 9.53 Å².